The average molecular weight is 287 g/mol. The summed E-state index contributed by atoms with van der Waals surface area (Å²) in [5, 5.41) is 0. The van der Waals surface area contributed by atoms with Gasteiger partial charge in [-0.2, -0.15) is 0 Å². The van der Waals surface area contributed by atoms with Gasteiger partial charge in [0.1, 0.15) is 0 Å². The topological polar surface area (TPSA) is 29.5 Å². The molecule has 1 aromatic rings. The molecule has 0 atom stereocenters. The summed E-state index contributed by atoms with van der Waals surface area (Å²) in [6.07, 6.45) is 4.32. The number of Topliss-reactive ketones (excluding diaryl/α,β-unsaturated/α-hetero) is 1. The number of hydrogen-bond donors (Lipinski definition) is 0. The standard InChI is InChI=1S/C18H25NO2/c1-14-6-5-7-16(15(14)2)17(20)18(8-3-4-9-18)19-10-12-21-13-11-19/h5-7H,3-4,8-13H2,1-2H3. The van der Waals surface area contributed by atoms with E-state index in [0.29, 0.717) is 5.78 Å². The van der Waals surface area contributed by atoms with Gasteiger partial charge in [0.2, 0.25) is 0 Å². The summed E-state index contributed by atoms with van der Waals surface area (Å²) in [6.45, 7) is 7.43. The van der Waals surface area contributed by atoms with Gasteiger partial charge >= 0.3 is 0 Å². The van der Waals surface area contributed by atoms with Crippen molar-refractivity contribution in [1.29, 1.82) is 0 Å². The van der Waals surface area contributed by atoms with Crippen LogP contribution in [0.5, 0.6) is 0 Å². The second-order valence-corrected chi connectivity index (χ2v) is 6.41. The summed E-state index contributed by atoms with van der Waals surface area (Å²) in [5.41, 5.74) is 2.99. The van der Waals surface area contributed by atoms with E-state index in [-0.39, 0.29) is 5.54 Å². The van der Waals surface area contributed by atoms with Gasteiger partial charge in [-0.25, -0.2) is 0 Å². The van der Waals surface area contributed by atoms with Crippen molar-refractivity contribution in [3.63, 3.8) is 0 Å². The highest BCUT2D eigenvalue weighted by atomic mass is 16.5. The molecule has 0 bridgehead atoms. The minimum atomic E-state index is -0.275. The molecule has 114 valence electrons. The Morgan fingerprint density at radius 2 is 1.81 bits per heavy atom. The molecular formula is C18H25NO2. The molecule has 1 aliphatic carbocycles. The number of carbonyl (C=O) groups excluding carboxylic acids is 1. The molecule has 0 radical (unpaired) electrons. The van der Waals surface area contributed by atoms with Crippen LogP contribution >= 0.6 is 0 Å². The van der Waals surface area contributed by atoms with E-state index in [1.165, 1.54) is 5.56 Å². The van der Waals surface area contributed by atoms with Crippen molar-refractivity contribution >= 4 is 5.78 Å². The Kier molecular flexibility index (Phi) is 4.14. The quantitative estimate of drug-likeness (QED) is 0.800. The predicted molar refractivity (Wildman–Crippen MR) is 83.8 cm³/mol. The lowest BCUT2D eigenvalue weighted by Gasteiger charge is -2.42. The fraction of sp³-hybridized carbons (Fsp3) is 0.611. The first kappa shape index (κ1) is 14.7. The molecule has 1 aromatic carbocycles. The van der Waals surface area contributed by atoms with Crippen LogP contribution in [0, 0.1) is 13.8 Å². The van der Waals surface area contributed by atoms with E-state index in [0.717, 1.165) is 63.1 Å². The van der Waals surface area contributed by atoms with E-state index in [1.807, 2.05) is 12.1 Å². The smallest absolute Gasteiger partial charge is 0.183 e. The van der Waals surface area contributed by atoms with Gasteiger partial charge in [-0.3, -0.25) is 9.69 Å². The van der Waals surface area contributed by atoms with Crippen LogP contribution in [0.3, 0.4) is 0 Å². The van der Waals surface area contributed by atoms with Crippen LogP contribution < -0.4 is 0 Å². The number of morpholine rings is 1. The second kappa shape index (κ2) is 5.90. The minimum Gasteiger partial charge on any atom is -0.379 e. The van der Waals surface area contributed by atoms with Gasteiger partial charge in [-0.15, -0.1) is 0 Å². The molecule has 1 heterocycles. The van der Waals surface area contributed by atoms with Crippen molar-refractivity contribution in [3.05, 3.63) is 34.9 Å². The van der Waals surface area contributed by atoms with Crippen molar-refractivity contribution in [1.82, 2.24) is 4.90 Å². The zero-order valence-corrected chi connectivity index (χ0v) is 13.2. The van der Waals surface area contributed by atoms with Gasteiger partial charge < -0.3 is 4.74 Å². The Hall–Kier alpha value is -1.19. The lowest BCUT2D eigenvalue weighted by Crippen LogP contribution is -2.56. The van der Waals surface area contributed by atoms with Crippen LogP contribution in [0.1, 0.15) is 47.2 Å². The molecule has 0 N–H and O–H groups in total. The number of ether oxygens (including phenoxy) is 1. The predicted octanol–water partition coefficient (Wildman–Crippen LogP) is 3.13. The Bertz CT molecular complexity index is 526. The van der Waals surface area contributed by atoms with E-state index in [2.05, 4.69) is 24.8 Å². The van der Waals surface area contributed by atoms with Crippen molar-refractivity contribution < 1.29 is 9.53 Å². The molecular weight excluding hydrogens is 262 g/mol. The molecule has 1 saturated carbocycles. The van der Waals surface area contributed by atoms with Crippen LogP contribution in [0.25, 0.3) is 0 Å². The van der Waals surface area contributed by atoms with Crippen LogP contribution in [-0.2, 0) is 4.74 Å². The molecule has 2 fully saturated rings. The summed E-state index contributed by atoms with van der Waals surface area (Å²) < 4.78 is 5.48. The highest BCUT2D eigenvalue weighted by molar-refractivity contribution is 6.04. The summed E-state index contributed by atoms with van der Waals surface area (Å²) in [4.78, 5) is 15.8. The number of hydrogen-bond acceptors (Lipinski definition) is 3. The van der Waals surface area contributed by atoms with Gasteiger partial charge in [0, 0.05) is 18.7 Å². The monoisotopic (exact) mass is 287 g/mol. The Balaban J connectivity index is 1.96. The number of benzene rings is 1. The Morgan fingerprint density at radius 3 is 2.48 bits per heavy atom. The molecule has 2 aliphatic rings. The summed E-state index contributed by atoms with van der Waals surface area (Å²) in [7, 11) is 0. The molecule has 21 heavy (non-hydrogen) atoms. The maximum atomic E-state index is 13.4. The lowest BCUT2D eigenvalue weighted by molar-refractivity contribution is -0.0130. The van der Waals surface area contributed by atoms with Gasteiger partial charge in [-0.05, 0) is 37.8 Å². The molecule has 0 spiro atoms. The molecule has 0 aromatic heterocycles. The molecule has 1 aliphatic heterocycles. The van der Waals surface area contributed by atoms with E-state index in [1.54, 1.807) is 0 Å². The molecule has 1 saturated heterocycles. The van der Waals surface area contributed by atoms with Crippen LogP contribution in [0.4, 0.5) is 0 Å². The summed E-state index contributed by atoms with van der Waals surface area (Å²) in [5.74, 6) is 0.336. The maximum Gasteiger partial charge on any atom is 0.183 e. The third kappa shape index (κ3) is 2.53. The highest BCUT2D eigenvalue weighted by Gasteiger charge is 2.46. The Morgan fingerprint density at radius 1 is 1.14 bits per heavy atom. The fourth-order valence-corrected chi connectivity index (χ4v) is 3.89. The first-order chi connectivity index (χ1) is 10.1. The van der Waals surface area contributed by atoms with Gasteiger partial charge in [0.15, 0.2) is 5.78 Å². The number of ketones is 1. The maximum absolute atomic E-state index is 13.4. The van der Waals surface area contributed by atoms with Crippen LogP contribution in [-0.4, -0.2) is 42.5 Å². The molecule has 3 nitrogen and oxygen atoms in total. The van der Waals surface area contributed by atoms with Crippen LogP contribution in [0.2, 0.25) is 0 Å². The van der Waals surface area contributed by atoms with Gasteiger partial charge in [0.05, 0.1) is 18.8 Å². The van der Waals surface area contributed by atoms with Crippen molar-refractivity contribution in [2.45, 2.75) is 45.1 Å². The number of aryl methyl sites for hydroxylation is 1. The van der Waals surface area contributed by atoms with Gasteiger partial charge in [-0.1, -0.05) is 31.0 Å². The van der Waals surface area contributed by atoms with Gasteiger partial charge in [0.25, 0.3) is 0 Å². The fourth-order valence-electron chi connectivity index (χ4n) is 3.89. The van der Waals surface area contributed by atoms with E-state index < -0.39 is 0 Å². The second-order valence-electron chi connectivity index (χ2n) is 6.41. The third-order valence-electron chi connectivity index (χ3n) is 5.32. The molecule has 3 rings (SSSR count). The number of rotatable bonds is 3. The van der Waals surface area contributed by atoms with E-state index in [4.69, 9.17) is 4.74 Å². The first-order valence-electron chi connectivity index (χ1n) is 8.09. The lowest BCUT2D eigenvalue weighted by atomic mass is 9.83. The highest BCUT2D eigenvalue weighted by Crippen LogP contribution is 2.39. The van der Waals surface area contributed by atoms with Crippen molar-refractivity contribution in [2.24, 2.45) is 0 Å². The van der Waals surface area contributed by atoms with Crippen molar-refractivity contribution in [3.8, 4) is 0 Å². The third-order valence-corrected chi connectivity index (χ3v) is 5.32. The normalized spacial score (nSPS) is 22.4. The molecule has 0 unspecified atom stereocenters. The number of carbonyl (C=O) groups is 1. The first-order valence-corrected chi connectivity index (χ1v) is 8.09. The Labute approximate surface area is 127 Å². The number of nitrogens with zero attached hydrogens (tertiary/aromatic N) is 1. The van der Waals surface area contributed by atoms with Crippen molar-refractivity contribution in [2.75, 3.05) is 26.3 Å². The summed E-state index contributed by atoms with van der Waals surface area (Å²) >= 11 is 0. The summed E-state index contributed by atoms with van der Waals surface area (Å²) in [6, 6.07) is 6.10. The average Bonchev–Trinajstić information content (AvgIpc) is 3.01. The molecule has 0 amide bonds. The largest absolute Gasteiger partial charge is 0.379 e. The van der Waals surface area contributed by atoms with Crippen LogP contribution in [0.15, 0.2) is 18.2 Å². The van der Waals surface area contributed by atoms with E-state index in [9.17, 15) is 4.79 Å². The molecule has 3 heteroatoms. The zero-order chi connectivity index (χ0) is 14.9. The minimum absolute atomic E-state index is 0.275. The SMILES string of the molecule is Cc1cccc(C(=O)C2(N3CCOCC3)CCCC2)c1C. The van der Waals surface area contributed by atoms with E-state index >= 15 is 0 Å². The zero-order valence-electron chi connectivity index (χ0n) is 13.2.